The molecule has 1 aromatic rings. The fourth-order valence-corrected chi connectivity index (χ4v) is 2.78. The third kappa shape index (κ3) is 6.19. The van der Waals surface area contributed by atoms with Crippen LogP contribution in [0.15, 0.2) is 24.3 Å². The molecule has 4 N–H and O–H groups in total. The molecule has 0 bridgehead atoms. The Labute approximate surface area is 151 Å². The zero-order valence-electron chi connectivity index (χ0n) is 14.5. The Balaban J connectivity index is 1.67. The van der Waals surface area contributed by atoms with Crippen LogP contribution in [0.2, 0.25) is 0 Å². The highest BCUT2D eigenvalue weighted by Gasteiger charge is 2.21. The molecule has 0 radical (unpaired) electrons. The van der Waals surface area contributed by atoms with E-state index >= 15 is 0 Å². The van der Waals surface area contributed by atoms with Gasteiger partial charge in [0.1, 0.15) is 6.54 Å². The van der Waals surface area contributed by atoms with Crippen LogP contribution in [0.25, 0.3) is 0 Å². The molecule has 0 saturated heterocycles. The van der Waals surface area contributed by atoms with Crippen molar-refractivity contribution in [3.63, 3.8) is 0 Å². The SMILES string of the molecule is NC(=O)c1ccc(NC(=O)COC(=O)CNC(=O)C2CCCCC2)cc1. The number of benzene rings is 1. The van der Waals surface area contributed by atoms with Gasteiger partial charge in [-0.05, 0) is 37.1 Å². The summed E-state index contributed by atoms with van der Waals surface area (Å²) in [5.74, 6) is -1.94. The highest BCUT2D eigenvalue weighted by Crippen LogP contribution is 2.23. The van der Waals surface area contributed by atoms with Gasteiger partial charge in [0.05, 0.1) is 0 Å². The van der Waals surface area contributed by atoms with Gasteiger partial charge in [0, 0.05) is 17.2 Å². The molecule has 0 spiro atoms. The van der Waals surface area contributed by atoms with Crippen molar-refractivity contribution in [1.29, 1.82) is 0 Å². The van der Waals surface area contributed by atoms with E-state index in [9.17, 15) is 19.2 Å². The van der Waals surface area contributed by atoms with Crippen LogP contribution in [0.1, 0.15) is 42.5 Å². The Bertz CT molecular complexity index is 666. The smallest absolute Gasteiger partial charge is 0.325 e. The second kappa shape index (κ2) is 9.55. The molecule has 8 nitrogen and oxygen atoms in total. The van der Waals surface area contributed by atoms with E-state index in [1.807, 2.05) is 0 Å². The van der Waals surface area contributed by atoms with Gasteiger partial charge in [-0.1, -0.05) is 19.3 Å². The Morgan fingerprint density at radius 2 is 1.69 bits per heavy atom. The lowest BCUT2D eigenvalue weighted by Gasteiger charge is -2.20. The summed E-state index contributed by atoms with van der Waals surface area (Å²) in [6.07, 6.45) is 4.90. The van der Waals surface area contributed by atoms with Crippen molar-refractivity contribution in [3.8, 4) is 0 Å². The first-order valence-corrected chi connectivity index (χ1v) is 8.59. The van der Waals surface area contributed by atoms with E-state index in [2.05, 4.69) is 10.6 Å². The van der Waals surface area contributed by atoms with Crippen LogP contribution < -0.4 is 16.4 Å². The van der Waals surface area contributed by atoms with Crippen LogP contribution in [-0.4, -0.2) is 36.8 Å². The largest absolute Gasteiger partial charge is 0.454 e. The topological polar surface area (TPSA) is 128 Å². The molecular formula is C18H23N3O5. The molecule has 2 rings (SSSR count). The average molecular weight is 361 g/mol. The Morgan fingerprint density at radius 3 is 2.31 bits per heavy atom. The summed E-state index contributed by atoms with van der Waals surface area (Å²) in [4.78, 5) is 46.3. The summed E-state index contributed by atoms with van der Waals surface area (Å²) >= 11 is 0. The summed E-state index contributed by atoms with van der Waals surface area (Å²) in [5, 5.41) is 5.08. The predicted molar refractivity (Wildman–Crippen MR) is 94.1 cm³/mol. The van der Waals surface area contributed by atoms with Crippen molar-refractivity contribution in [1.82, 2.24) is 5.32 Å². The Kier molecular flexibility index (Phi) is 7.13. The molecule has 0 aliphatic heterocycles. The van der Waals surface area contributed by atoms with Gasteiger partial charge >= 0.3 is 5.97 Å². The van der Waals surface area contributed by atoms with E-state index in [-0.39, 0.29) is 18.4 Å². The standard InChI is InChI=1S/C18H23N3O5/c19-17(24)12-6-8-14(9-7-12)21-15(22)11-26-16(23)10-20-18(25)13-4-2-1-3-5-13/h6-9,13H,1-5,10-11H2,(H2,19,24)(H,20,25)(H,21,22). The number of ether oxygens (including phenoxy) is 1. The number of carbonyl (C=O) groups excluding carboxylic acids is 4. The molecule has 1 aromatic carbocycles. The van der Waals surface area contributed by atoms with Crippen LogP contribution in [0.3, 0.4) is 0 Å². The number of hydrogen-bond acceptors (Lipinski definition) is 5. The second-order valence-electron chi connectivity index (χ2n) is 6.20. The van der Waals surface area contributed by atoms with Crippen LogP contribution in [-0.2, 0) is 19.1 Å². The maximum absolute atomic E-state index is 11.9. The van der Waals surface area contributed by atoms with Crippen LogP contribution in [0, 0.1) is 5.92 Å². The molecule has 3 amide bonds. The molecule has 0 atom stereocenters. The number of amides is 3. The maximum atomic E-state index is 11.9. The third-order valence-electron chi connectivity index (χ3n) is 4.20. The summed E-state index contributed by atoms with van der Waals surface area (Å²) in [5.41, 5.74) is 5.90. The van der Waals surface area contributed by atoms with Gasteiger partial charge in [0.2, 0.25) is 11.8 Å². The molecule has 0 heterocycles. The average Bonchev–Trinajstić information content (AvgIpc) is 2.65. The lowest BCUT2D eigenvalue weighted by molar-refractivity contribution is -0.147. The van der Waals surface area contributed by atoms with Crippen molar-refractivity contribution in [2.75, 3.05) is 18.5 Å². The monoisotopic (exact) mass is 361 g/mol. The normalized spacial score (nSPS) is 14.3. The lowest BCUT2D eigenvalue weighted by atomic mass is 9.89. The lowest BCUT2D eigenvalue weighted by Crippen LogP contribution is -2.36. The first kappa shape index (κ1) is 19.4. The molecule has 1 fully saturated rings. The third-order valence-corrected chi connectivity index (χ3v) is 4.20. The van der Waals surface area contributed by atoms with Gasteiger partial charge in [0.15, 0.2) is 6.61 Å². The Morgan fingerprint density at radius 1 is 1.04 bits per heavy atom. The predicted octanol–water partition coefficient (Wildman–Crippen LogP) is 0.964. The van der Waals surface area contributed by atoms with Crippen molar-refractivity contribution in [2.45, 2.75) is 32.1 Å². The van der Waals surface area contributed by atoms with E-state index in [1.54, 1.807) is 0 Å². The Hall–Kier alpha value is -2.90. The van der Waals surface area contributed by atoms with Crippen molar-refractivity contribution >= 4 is 29.4 Å². The second-order valence-corrected chi connectivity index (χ2v) is 6.20. The minimum absolute atomic E-state index is 0.0387. The molecule has 1 saturated carbocycles. The molecule has 8 heteroatoms. The summed E-state index contributed by atoms with van der Waals surface area (Å²) in [6, 6.07) is 5.99. The van der Waals surface area contributed by atoms with Crippen LogP contribution in [0.4, 0.5) is 5.69 Å². The van der Waals surface area contributed by atoms with Crippen LogP contribution in [0.5, 0.6) is 0 Å². The molecule has 26 heavy (non-hydrogen) atoms. The molecule has 0 unspecified atom stereocenters. The van der Waals surface area contributed by atoms with E-state index in [0.717, 1.165) is 32.1 Å². The van der Waals surface area contributed by atoms with Gasteiger partial charge in [-0.15, -0.1) is 0 Å². The fraction of sp³-hybridized carbons (Fsp3) is 0.444. The number of primary amides is 1. The maximum Gasteiger partial charge on any atom is 0.325 e. The van der Waals surface area contributed by atoms with Crippen molar-refractivity contribution in [3.05, 3.63) is 29.8 Å². The van der Waals surface area contributed by atoms with E-state index < -0.39 is 24.4 Å². The number of rotatable bonds is 7. The number of nitrogens with one attached hydrogen (secondary N) is 2. The highest BCUT2D eigenvalue weighted by atomic mass is 16.5. The van der Waals surface area contributed by atoms with Crippen molar-refractivity contribution < 1.29 is 23.9 Å². The number of hydrogen-bond donors (Lipinski definition) is 3. The number of esters is 1. The minimum atomic E-state index is -0.673. The van der Waals surface area contributed by atoms with Crippen LogP contribution >= 0.6 is 0 Å². The number of anilines is 1. The zero-order chi connectivity index (χ0) is 18.9. The van der Waals surface area contributed by atoms with Gasteiger partial charge in [0.25, 0.3) is 5.91 Å². The van der Waals surface area contributed by atoms with Gasteiger partial charge in [-0.3, -0.25) is 19.2 Å². The zero-order valence-corrected chi connectivity index (χ0v) is 14.5. The summed E-state index contributed by atoms with van der Waals surface area (Å²) < 4.78 is 4.84. The molecule has 1 aliphatic carbocycles. The van der Waals surface area contributed by atoms with Crippen molar-refractivity contribution in [2.24, 2.45) is 11.7 Å². The first-order valence-electron chi connectivity index (χ1n) is 8.59. The summed E-state index contributed by atoms with van der Waals surface area (Å²) in [7, 11) is 0. The van der Waals surface area contributed by atoms with E-state index in [4.69, 9.17) is 10.5 Å². The first-order chi connectivity index (χ1) is 12.5. The number of carbonyl (C=O) groups is 4. The highest BCUT2D eigenvalue weighted by molar-refractivity contribution is 5.95. The molecule has 0 aromatic heterocycles. The molecule has 1 aliphatic rings. The number of nitrogens with two attached hydrogens (primary N) is 1. The van der Waals surface area contributed by atoms with E-state index in [0.29, 0.717) is 11.3 Å². The van der Waals surface area contributed by atoms with Gasteiger partial charge < -0.3 is 21.1 Å². The molecular weight excluding hydrogens is 338 g/mol. The molecule has 140 valence electrons. The minimum Gasteiger partial charge on any atom is -0.454 e. The summed E-state index contributed by atoms with van der Waals surface area (Å²) in [6.45, 7) is -0.717. The van der Waals surface area contributed by atoms with Gasteiger partial charge in [-0.25, -0.2) is 0 Å². The quantitative estimate of drug-likeness (QED) is 0.623. The van der Waals surface area contributed by atoms with Gasteiger partial charge in [-0.2, -0.15) is 0 Å². The van der Waals surface area contributed by atoms with E-state index in [1.165, 1.54) is 24.3 Å². The fourth-order valence-electron chi connectivity index (χ4n) is 2.78.